The van der Waals surface area contributed by atoms with Crippen LogP contribution in [0.2, 0.25) is 0 Å². The molecule has 1 amide bonds. The lowest BCUT2D eigenvalue weighted by atomic mass is 10.0. The van der Waals surface area contributed by atoms with Crippen molar-refractivity contribution in [1.29, 1.82) is 0 Å². The van der Waals surface area contributed by atoms with Crippen molar-refractivity contribution in [2.24, 2.45) is 5.92 Å². The van der Waals surface area contributed by atoms with Crippen LogP contribution in [0.1, 0.15) is 23.5 Å². The third-order valence-corrected chi connectivity index (χ3v) is 5.17. The molecule has 2 aromatic heterocycles. The van der Waals surface area contributed by atoms with Crippen LogP contribution < -0.4 is 5.32 Å². The Morgan fingerprint density at radius 2 is 2.08 bits per heavy atom. The van der Waals surface area contributed by atoms with Crippen molar-refractivity contribution in [2.45, 2.75) is 19.3 Å². The molecule has 1 aliphatic carbocycles. The first-order chi connectivity index (χ1) is 11.7. The molecule has 2 heterocycles. The number of hydrogen-bond donors (Lipinski definition) is 1. The van der Waals surface area contributed by atoms with Crippen LogP contribution in [0.3, 0.4) is 0 Å². The number of anilines is 1. The van der Waals surface area contributed by atoms with Gasteiger partial charge in [-0.15, -0.1) is 10.2 Å². The van der Waals surface area contributed by atoms with Crippen LogP contribution in [0.15, 0.2) is 48.8 Å². The maximum absolute atomic E-state index is 12.4. The third kappa shape index (κ3) is 2.92. The number of aryl methyl sites for hydroxylation is 1. The molecule has 4 rings (SSSR count). The normalized spacial score (nSPS) is 19.0. The van der Waals surface area contributed by atoms with Gasteiger partial charge in [0.1, 0.15) is 0 Å². The molecule has 5 nitrogen and oxygen atoms in total. The van der Waals surface area contributed by atoms with E-state index in [9.17, 15) is 4.79 Å². The number of pyridine rings is 1. The lowest BCUT2D eigenvalue weighted by Crippen LogP contribution is -2.14. The second-order valence-corrected chi connectivity index (χ2v) is 6.93. The van der Waals surface area contributed by atoms with Crippen molar-refractivity contribution >= 4 is 22.4 Å². The molecule has 0 bridgehead atoms. The second kappa shape index (κ2) is 6.13. The average Bonchev–Trinajstić information content (AvgIpc) is 3.27. The van der Waals surface area contributed by atoms with E-state index in [0.29, 0.717) is 11.0 Å². The molecule has 2 atom stereocenters. The number of nitrogens with zero attached hydrogens (tertiary/aromatic N) is 3. The minimum absolute atomic E-state index is 0.0249. The highest BCUT2D eigenvalue weighted by atomic mass is 32.1. The van der Waals surface area contributed by atoms with Crippen molar-refractivity contribution < 1.29 is 4.79 Å². The monoisotopic (exact) mass is 336 g/mol. The summed E-state index contributed by atoms with van der Waals surface area (Å²) in [5.41, 5.74) is 3.42. The van der Waals surface area contributed by atoms with Gasteiger partial charge in [-0.05, 0) is 42.5 Å². The zero-order chi connectivity index (χ0) is 16.5. The summed E-state index contributed by atoms with van der Waals surface area (Å²) in [4.78, 5) is 16.5. The molecule has 0 radical (unpaired) electrons. The summed E-state index contributed by atoms with van der Waals surface area (Å²) in [5.74, 6) is 0.367. The molecular formula is C18H16N4OS. The van der Waals surface area contributed by atoms with Crippen LogP contribution in [0.4, 0.5) is 5.13 Å². The molecule has 6 heteroatoms. The fourth-order valence-electron chi connectivity index (χ4n) is 2.91. The van der Waals surface area contributed by atoms with Crippen LogP contribution in [0, 0.1) is 12.8 Å². The van der Waals surface area contributed by atoms with Gasteiger partial charge in [0.05, 0.1) is 0 Å². The first-order valence-electron chi connectivity index (χ1n) is 7.82. The SMILES string of the molecule is Cc1ccccc1C1CC1C(=O)Nc1nnc(-c2cccnc2)s1. The Labute approximate surface area is 143 Å². The Bertz CT molecular complexity index is 877. The Hall–Kier alpha value is -2.60. The number of carbonyl (C=O) groups excluding carboxylic acids is 1. The fraction of sp³-hybridized carbons (Fsp3) is 0.222. The molecule has 2 unspecified atom stereocenters. The van der Waals surface area contributed by atoms with Gasteiger partial charge in [-0.3, -0.25) is 9.78 Å². The maximum atomic E-state index is 12.4. The summed E-state index contributed by atoms with van der Waals surface area (Å²) in [6, 6.07) is 12.0. The predicted octanol–water partition coefficient (Wildman–Crippen LogP) is 3.65. The van der Waals surface area contributed by atoms with Gasteiger partial charge >= 0.3 is 0 Å². The Morgan fingerprint density at radius 1 is 1.21 bits per heavy atom. The Balaban J connectivity index is 1.43. The van der Waals surface area contributed by atoms with Gasteiger partial charge in [-0.1, -0.05) is 35.6 Å². The van der Waals surface area contributed by atoms with Crippen molar-refractivity contribution in [2.75, 3.05) is 5.32 Å². The first kappa shape index (κ1) is 15.0. The van der Waals surface area contributed by atoms with E-state index >= 15 is 0 Å². The van der Waals surface area contributed by atoms with Crippen LogP contribution in [-0.2, 0) is 4.79 Å². The molecule has 24 heavy (non-hydrogen) atoms. The minimum Gasteiger partial charge on any atom is -0.300 e. The van der Waals surface area contributed by atoms with Gasteiger partial charge in [0.2, 0.25) is 11.0 Å². The Kier molecular flexibility index (Phi) is 3.82. The summed E-state index contributed by atoms with van der Waals surface area (Å²) < 4.78 is 0. The summed E-state index contributed by atoms with van der Waals surface area (Å²) >= 11 is 1.37. The van der Waals surface area contributed by atoms with Crippen LogP contribution in [0.5, 0.6) is 0 Å². The molecule has 1 fully saturated rings. The average molecular weight is 336 g/mol. The number of hydrogen-bond acceptors (Lipinski definition) is 5. The zero-order valence-corrected chi connectivity index (χ0v) is 14.0. The van der Waals surface area contributed by atoms with Gasteiger partial charge in [0, 0.05) is 23.9 Å². The van der Waals surface area contributed by atoms with E-state index in [2.05, 4.69) is 39.6 Å². The third-order valence-electron chi connectivity index (χ3n) is 4.28. The van der Waals surface area contributed by atoms with E-state index in [0.717, 1.165) is 17.0 Å². The number of aromatic nitrogens is 3. The quantitative estimate of drug-likeness (QED) is 0.789. The smallest absolute Gasteiger partial charge is 0.229 e. The Morgan fingerprint density at radius 3 is 2.88 bits per heavy atom. The van der Waals surface area contributed by atoms with Crippen molar-refractivity contribution in [3.05, 3.63) is 59.9 Å². The number of nitrogens with one attached hydrogen (secondary N) is 1. The van der Waals surface area contributed by atoms with E-state index in [1.54, 1.807) is 12.4 Å². The van der Waals surface area contributed by atoms with Gasteiger partial charge in [0.25, 0.3) is 0 Å². The molecule has 120 valence electrons. The van der Waals surface area contributed by atoms with E-state index in [-0.39, 0.29) is 11.8 Å². The minimum atomic E-state index is 0.0249. The van der Waals surface area contributed by atoms with Gasteiger partial charge in [-0.25, -0.2) is 0 Å². The first-order valence-corrected chi connectivity index (χ1v) is 8.64. The summed E-state index contributed by atoms with van der Waals surface area (Å²) in [5, 5.41) is 12.4. The molecule has 0 spiro atoms. The van der Waals surface area contributed by atoms with Crippen LogP contribution in [0.25, 0.3) is 10.6 Å². The lowest BCUT2D eigenvalue weighted by molar-refractivity contribution is -0.117. The van der Waals surface area contributed by atoms with Crippen molar-refractivity contribution in [1.82, 2.24) is 15.2 Å². The summed E-state index contributed by atoms with van der Waals surface area (Å²) in [6.07, 6.45) is 4.35. The van der Waals surface area contributed by atoms with E-state index in [4.69, 9.17) is 0 Å². The van der Waals surface area contributed by atoms with Crippen LogP contribution >= 0.6 is 11.3 Å². The number of benzene rings is 1. The highest BCUT2D eigenvalue weighted by molar-refractivity contribution is 7.18. The highest BCUT2D eigenvalue weighted by Gasteiger charge is 2.44. The maximum Gasteiger partial charge on any atom is 0.229 e. The predicted molar refractivity (Wildman–Crippen MR) is 93.8 cm³/mol. The standard InChI is InChI=1S/C18H16N4OS/c1-11-5-2-3-7-13(11)14-9-15(14)16(23)20-18-22-21-17(24-18)12-6-4-8-19-10-12/h2-8,10,14-15H,9H2,1H3,(H,20,22,23). The number of rotatable bonds is 4. The van der Waals surface area contributed by atoms with Crippen molar-refractivity contribution in [3.8, 4) is 10.6 Å². The fourth-order valence-corrected chi connectivity index (χ4v) is 3.65. The number of amides is 1. The van der Waals surface area contributed by atoms with E-state index < -0.39 is 0 Å². The second-order valence-electron chi connectivity index (χ2n) is 5.95. The molecule has 1 aromatic carbocycles. The van der Waals surface area contributed by atoms with Gasteiger partial charge in [0.15, 0.2) is 5.01 Å². The molecule has 0 saturated heterocycles. The highest BCUT2D eigenvalue weighted by Crippen LogP contribution is 2.49. The summed E-state index contributed by atoms with van der Waals surface area (Å²) in [7, 11) is 0. The van der Waals surface area contributed by atoms with Gasteiger partial charge < -0.3 is 5.32 Å². The molecule has 1 aliphatic rings. The van der Waals surface area contributed by atoms with E-state index in [1.165, 1.54) is 22.5 Å². The zero-order valence-electron chi connectivity index (χ0n) is 13.1. The van der Waals surface area contributed by atoms with Gasteiger partial charge in [-0.2, -0.15) is 0 Å². The molecule has 1 saturated carbocycles. The molecular weight excluding hydrogens is 320 g/mol. The molecule has 1 N–H and O–H groups in total. The van der Waals surface area contributed by atoms with Crippen LogP contribution in [-0.4, -0.2) is 21.1 Å². The lowest BCUT2D eigenvalue weighted by Gasteiger charge is -2.04. The molecule has 3 aromatic rings. The van der Waals surface area contributed by atoms with E-state index in [1.807, 2.05) is 24.3 Å². The number of carbonyl (C=O) groups is 1. The largest absolute Gasteiger partial charge is 0.300 e. The summed E-state index contributed by atoms with van der Waals surface area (Å²) in [6.45, 7) is 2.09. The topological polar surface area (TPSA) is 67.8 Å². The van der Waals surface area contributed by atoms with Crippen molar-refractivity contribution in [3.63, 3.8) is 0 Å². The molecule has 0 aliphatic heterocycles.